The molecule has 0 amide bonds. The first-order valence-corrected chi connectivity index (χ1v) is 6.37. The molecule has 0 saturated heterocycles. The molecule has 0 heterocycles. The Balaban J connectivity index is 2.43. The Hall–Kier alpha value is -1.03. The molecule has 4 heteroatoms. The first kappa shape index (κ1) is 15.0. The van der Waals surface area contributed by atoms with Crippen molar-refractivity contribution in [1.82, 2.24) is 5.32 Å². The third kappa shape index (κ3) is 5.54. The summed E-state index contributed by atoms with van der Waals surface area (Å²) in [4.78, 5) is 0. The molecule has 1 aromatic carbocycles. The topological polar surface area (TPSA) is 30.5 Å². The van der Waals surface area contributed by atoms with Crippen molar-refractivity contribution in [2.45, 2.75) is 13.0 Å². The van der Waals surface area contributed by atoms with Crippen LogP contribution < -0.4 is 10.1 Å². The quantitative estimate of drug-likeness (QED) is 0.552. The van der Waals surface area contributed by atoms with Crippen molar-refractivity contribution in [2.75, 3.05) is 26.9 Å². The molecule has 0 radical (unpaired) electrons. The highest BCUT2D eigenvalue weighted by Gasteiger charge is 2.02. The van der Waals surface area contributed by atoms with Gasteiger partial charge in [0.15, 0.2) is 0 Å². The van der Waals surface area contributed by atoms with Crippen molar-refractivity contribution in [1.29, 1.82) is 0 Å². The molecule has 0 aliphatic heterocycles. The van der Waals surface area contributed by atoms with Gasteiger partial charge >= 0.3 is 0 Å². The average molecular weight is 270 g/mol. The molecule has 0 spiro atoms. The van der Waals surface area contributed by atoms with Crippen LogP contribution in [0.25, 0.3) is 0 Å². The van der Waals surface area contributed by atoms with Crippen LogP contribution in [0.15, 0.2) is 30.9 Å². The van der Waals surface area contributed by atoms with Gasteiger partial charge in [0.1, 0.15) is 5.75 Å². The van der Waals surface area contributed by atoms with Crippen molar-refractivity contribution in [3.8, 4) is 5.75 Å². The molecular formula is C14H20ClNO2. The summed E-state index contributed by atoms with van der Waals surface area (Å²) in [6.07, 6.45) is 2.64. The first-order chi connectivity index (χ1) is 8.77. The lowest BCUT2D eigenvalue weighted by atomic mass is 10.2. The summed E-state index contributed by atoms with van der Waals surface area (Å²) >= 11 is 6.15. The predicted octanol–water partition coefficient (Wildman–Crippen LogP) is 3.03. The van der Waals surface area contributed by atoms with Crippen LogP contribution in [0.4, 0.5) is 0 Å². The van der Waals surface area contributed by atoms with E-state index in [4.69, 9.17) is 21.1 Å². The van der Waals surface area contributed by atoms with E-state index < -0.39 is 0 Å². The summed E-state index contributed by atoms with van der Waals surface area (Å²) in [6, 6.07) is 5.83. The third-order valence-corrected chi connectivity index (χ3v) is 2.68. The van der Waals surface area contributed by atoms with Crippen molar-refractivity contribution >= 4 is 11.6 Å². The molecule has 3 nitrogen and oxygen atoms in total. The highest BCUT2D eigenvalue weighted by Crippen LogP contribution is 2.25. The largest absolute Gasteiger partial charge is 0.492 e. The maximum absolute atomic E-state index is 6.15. The molecule has 0 fully saturated rings. The lowest BCUT2D eigenvalue weighted by molar-refractivity contribution is 0.199. The number of rotatable bonds is 9. The molecule has 0 aromatic heterocycles. The van der Waals surface area contributed by atoms with E-state index in [1.165, 1.54) is 0 Å². The molecule has 0 saturated carbocycles. The maximum atomic E-state index is 6.15. The van der Waals surface area contributed by atoms with E-state index in [2.05, 4.69) is 11.9 Å². The van der Waals surface area contributed by atoms with E-state index >= 15 is 0 Å². The normalized spacial score (nSPS) is 10.3. The van der Waals surface area contributed by atoms with Crippen LogP contribution in [0.2, 0.25) is 5.02 Å². The minimum atomic E-state index is 0.606. The summed E-state index contributed by atoms with van der Waals surface area (Å²) in [5, 5.41) is 3.91. The first-order valence-electron chi connectivity index (χ1n) is 5.99. The lowest BCUT2D eigenvalue weighted by Gasteiger charge is -2.09. The van der Waals surface area contributed by atoms with Gasteiger partial charge in [-0.05, 0) is 24.1 Å². The molecule has 18 heavy (non-hydrogen) atoms. The van der Waals surface area contributed by atoms with Gasteiger partial charge in [-0.1, -0.05) is 23.7 Å². The van der Waals surface area contributed by atoms with Crippen molar-refractivity contribution in [3.63, 3.8) is 0 Å². The highest BCUT2D eigenvalue weighted by atomic mass is 35.5. The van der Waals surface area contributed by atoms with Crippen LogP contribution in [0, 0.1) is 0 Å². The highest BCUT2D eigenvalue weighted by molar-refractivity contribution is 6.32. The number of methoxy groups -OCH3 is 1. The molecule has 1 rings (SSSR count). The number of hydrogen-bond donors (Lipinski definition) is 1. The molecule has 0 atom stereocenters. The minimum absolute atomic E-state index is 0.606. The summed E-state index contributed by atoms with van der Waals surface area (Å²) in [5.74, 6) is 0.721. The van der Waals surface area contributed by atoms with Gasteiger partial charge in [-0.25, -0.2) is 0 Å². The number of nitrogens with one attached hydrogen (secondary N) is 1. The fraction of sp³-hybridized carbons (Fsp3) is 0.429. The van der Waals surface area contributed by atoms with Gasteiger partial charge in [0.2, 0.25) is 0 Å². The second-order valence-electron chi connectivity index (χ2n) is 3.86. The van der Waals surface area contributed by atoms with Crippen LogP contribution in [0.3, 0.4) is 0 Å². The number of hydrogen-bond acceptors (Lipinski definition) is 3. The second-order valence-corrected chi connectivity index (χ2v) is 4.27. The van der Waals surface area contributed by atoms with E-state index in [9.17, 15) is 0 Å². The van der Waals surface area contributed by atoms with Crippen molar-refractivity contribution in [3.05, 3.63) is 41.4 Å². The van der Waals surface area contributed by atoms with Gasteiger partial charge in [-0.15, -0.1) is 6.58 Å². The standard InChI is InChI=1S/C14H20ClNO2/c1-3-4-8-18-14-6-5-12(10-13(14)15)11-16-7-9-17-2/h3,5-6,10,16H,1,4,7-9,11H2,2H3. The summed E-state index contributed by atoms with van der Waals surface area (Å²) < 4.78 is 10.5. The lowest BCUT2D eigenvalue weighted by Crippen LogP contribution is -2.18. The van der Waals surface area contributed by atoms with Gasteiger partial charge in [-0.2, -0.15) is 0 Å². The fourth-order valence-corrected chi connectivity index (χ4v) is 1.69. The zero-order chi connectivity index (χ0) is 13.2. The Morgan fingerprint density at radius 3 is 2.89 bits per heavy atom. The Bertz CT molecular complexity index is 369. The number of benzene rings is 1. The number of halogens is 1. The van der Waals surface area contributed by atoms with Gasteiger partial charge < -0.3 is 14.8 Å². The summed E-state index contributed by atoms with van der Waals surface area (Å²) in [5.41, 5.74) is 1.13. The minimum Gasteiger partial charge on any atom is -0.492 e. The zero-order valence-electron chi connectivity index (χ0n) is 10.7. The van der Waals surface area contributed by atoms with Crippen molar-refractivity contribution in [2.24, 2.45) is 0 Å². The molecular weight excluding hydrogens is 250 g/mol. The Labute approximate surface area is 114 Å². The van der Waals surface area contributed by atoms with Gasteiger partial charge in [0, 0.05) is 20.2 Å². The van der Waals surface area contributed by atoms with E-state index in [0.29, 0.717) is 18.2 Å². The molecule has 0 aliphatic rings. The Kier molecular flexibility index (Phi) is 7.49. The van der Waals surface area contributed by atoms with Gasteiger partial charge in [0.25, 0.3) is 0 Å². The zero-order valence-corrected chi connectivity index (χ0v) is 11.5. The molecule has 1 aromatic rings. The van der Waals surface area contributed by atoms with Gasteiger partial charge in [-0.3, -0.25) is 0 Å². The van der Waals surface area contributed by atoms with Crippen LogP contribution in [0.5, 0.6) is 5.75 Å². The molecule has 0 unspecified atom stereocenters. The molecule has 1 N–H and O–H groups in total. The van der Waals surface area contributed by atoms with E-state index in [0.717, 1.165) is 30.8 Å². The third-order valence-electron chi connectivity index (χ3n) is 2.39. The Morgan fingerprint density at radius 2 is 2.22 bits per heavy atom. The average Bonchev–Trinajstić information content (AvgIpc) is 2.37. The van der Waals surface area contributed by atoms with Crippen LogP contribution in [-0.4, -0.2) is 26.9 Å². The predicted molar refractivity (Wildman–Crippen MR) is 75.3 cm³/mol. The molecule has 100 valence electrons. The van der Waals surface area contributed by atoms with E-state index in [1.807, 2.05) is 24.3 Å². The monoisotopic (exact) mass is 269 g/mol. The van der Waals surface area contributed by atoms with Crippen molar-refractivity contribution < 1.29 is 9.47 Å². The SMILES string of the molecule is C=CCCOc1ccc(CNCCOC)cc1Cl. The van der Waals surface area contributed by atoms with Gasteiger partial charge in [0.05, 0.1) is 18.2 Å². The maximum Gasteiger partial charge on any atom is 0.137 e. The van der Waals surface area contributed by atoms with E-state index in [1.54, 1.807) is 7.11 Å². The molecule has 0 aliphatic carbocycles. The van der Waals surface area contributed by atoms with Crippen LogP contribution in [0.1, 0.15) is 12.0 Å². The summed E-state index contributed by atoms with van der Waals surface area (Å²) in [6.45, 7) is 6.56. The number of ether oxygens (including phenoxy) is 2. The molecule has 0 bridgehead atoms. The Morgan fingerprint density at radius 1 is 1.39 bits per heavy atom. The van der Waals surface area contributed by atoms with Crippen LogP contribution in [-0.2, 0) is 11.3 Å². The fourth-order valence-electron chi connectivity index (χ4n) is 1.43. The second kappa shape index (κ2) is 8.97. The summed E-state index contributed by atoms with van der Waals surface area (Å²) in [7, 11) is 1.69. The van der Waals surface area contributed by atoms with E-state index in [-0.39, 0.29) is 0 Å². The van der Waals surface area contributed by atoms with Crippen LogP contribution >= 0.6 is 11.6 Å². The smallest absolute Gasteiger partial charge is 0.137 e.